The zero-order chi connectivity index (χ0) is 32.5. The topological polar surface area (TPSA) is 24.8 Å². The van der Waals surface area contributed by atoms with E-state index in [1.807, 2.05) is 18.2 Å². The fourth-order valence-electron chi connectivity index (χ4n) is 4.93. The molecule has 0 saturated heterocycles. The Kier molecular flexibility index (Phi) is 15.1. The van der Waals surface area contributed by atoms with Crippen molar-refractivity contribution >= 4 is 56.6 Å². The number of hydrogen-bond donors (Lipinski definition) is 0. The monoisotopic (exact) mass is 750 g/mol. The molecule has 0 aliphatic heterocycles. The van der Waals surface area contributed by atoms with Gasteiger partial charge in [0, 0.05) is 0 Å². The van der Waals surface area contributed by atoms with Crippen LogP contribution in [-0.4, -0.2) is 47.8 Å². The van der Waals surface area contributed by atoms with Crippen molar-refractivity contribution in [3.63, 3.8) is 0 Å². The molecule has 6 heteroatoms. The molecule has 0 unspecified atom stereocenters. The molecule has 3 radical (unpaired) electrons. The summed E-state index contributed by atoms with van der Waals surface area (Å²) in [7, 11) is -2.48. The van der Waals surface area contributed by atoms with Crippen LogP contribution in [-0.2, 0) is 3.76 Å². The molecular weight excluding hydrogens is 695 g/mol. The van der Waals surface area contributed by atoms with Gasteiger partial charge in [-0.15, -0.1) is 0 Å². The van der Waals surface area contributed by atoms with Crippen molar-refractivity contribution in [2.45, 2.75) is 99.1 Å². The number of rotatable bonds is 8. The van der Waals surface area contributed by atoms with Crippen molar-refractivity contribution in [1.29, 1.82) is 0 Å². The molecule has 4 aromatic carbocycles. The van der Waals surface area contributed by atoms with Gasteiger partial charge in [-0.2, -0.15) is 0 Å². The Morgan fingerprint density at radius 2 is 1.02 bits per heavy atom. The van der Waals surface area contributed by atoms with Gasteiger partial charge >= 0.3 is 234 Å². The average Bonchev–Trinajstić information content (AvgIpc) is 2.97. The van der Waals surface area contributed by atoms with Crippen LogP contribution in [0, 0.1) is 6.92 Å². The van der Waals surface area contributed by atoms with Crippen LogP contribution in [0.3, 0.4) is 0 Å². The van der Waals surface area contributed by atoms with E-state index in [0.29, 0.717) is 11.8 Å². The van der Waals surface area contributed by atoms with Crippen LogP contribution < -0.4 is 10.6 Å². The Morgan fingerprint density at radius 1 is 0.622 bits per heavy atom. The molecule has 0 fully saturated rings. The van der Waals surface area contributed by atoms with Gasteiger partial charge in [-0.25, -0.2) is 0 Å². The number of benzene rings is 4. The van der Waals surface area contributed by atoms with Crippen LogP contribution in [0.1, 0.15) is 97.8 Å². The van der Waals surface area contributed by atoms with Crippen LogP contribution in [0.25, 0.3) is 0 Å². The minimum Gasteiger partial charge on any atom is -1.00 e. The first-order chi connectivity index (χ1) is 20.7. The van der Waals surface area contributed by atoms with Crippen LogP contribution in [0.5, 0.6) is 0 Å². The van der Waals surface area contributed by atoms with E-state index in [2.05, 4.69) is 171 Å². The van der Waals surface area contributed by atoms with E-state index < -0.39 is 23.2 Å². The van der Waals surface area contributed by atoms with Crippen molar-refractivity contribution in [1.82, 2.24) is 3.63 Å². The Hall–Kier alpha value is -1.91. The Morgan fingerprint density at radius 3 is 1.33 bits per heavy atom. The second-order valence-electron chi connectivity index (χ2n) is 13.9. The molecule has 241 valence electrons. The first-order valence-electron chi connectivity index (χ1n) is 15.8. The molecule has 0 atom stereocenters. The molecule has 4 rings (SSSR count). The summed E-state index contributed by atoms with van der Waals surface area (Å²) in [6.07, 6.45) is 0. The van der Waals surface area contributed by atoms with Crippen molar-refractivity contribution in [2.75, 3.05) is 0 Å². The van der Waals surface area contributed by atoms with Gasteiger partial charge in [-0.1, -0.05) is 35.9 Å². The van der Waals surface area contributed by atoms with E-state index in [1.54, 1.807) is 0 Å². The molecule has 0 saturated carbocycles. The first kappa shape index (κ1) is 39.3. The van der Waals surface area contributed by atoms with E-state index in [0.717, 1.165) is 5.69 Å². The summed E-state index contributed by atoms with van der Waals surface area (Å²) in [5.74, 6) is 0.742. The van der Waals surface area contributed by atoms with Crippen LogP contribution >= 0.6 is 7.21 Å². The SMILES string of the molecule is CC(C)c1cccc(C(C)C)c1N=P(c1ccccc1)(c1ccccc1)[N]([Ge][O]C(C)(C)C)C(C)(C)C.Cc1ccccc1.[Se-]. The van der Waals surface area contributed by atoms with Gasteiger partial charge in [0.05, 0.1) is 0 Å². The third-order valence-corrected chi connectivity index (χ3v) is 16.3. The second kappa shape index (κ2) is 17.3. The summed E-state index contributed by atoms with van der Waals surface area (Å²) in [4.78, 5) is 0. The van der Waals surface area contributed by atoms with Gasteiger partial charge in [-0.05, 0) is 6.92 Å². The average molecular weight is 748 g/mol. The fourth-order valence-corrected chi connectivity index (χ4v) is 12.7. The molecule has 0 bridgehead atoms. The van der Waals surface area contributed by atoms with E-state index in [-0.39, 0.29) is 28.2 Å². The summed E-state index contributed by atoms with van der Waals surface area (Å²) in [6.45, 7) is 24.6. The summed E-state index contributed by atoms with van der Waals surface area (Å²) in [5, 5.41) is 2.54. The van der Waals surface area contributed by atoms with Gasteiger partial charge in [0.25, 0.3) is 0 Å². The molecule has 0 amide bonds. The van der Waals surface area contributed by atoms with Crippen molar-refractivity contribution in [3.05, 3.63) is 126 Å². The van der Waals surface area contributed by atoms with Crippen LogP contribution in [0.2, 0.25) is 0 Å². The zero-order valence-corrected chi connectivity index (χ0v) is 33.9. The Labute approximate surface area is 292 Å². The quantitative estimate of drug-likeness (QED) is 0.132. The van der Waals surface area contributed by atoms with Crippen molar-refractivity contribution in [3.8, 4) is 0 Å². The summed E-state index contributed by atoms with van der Waals surface area (Å²) in [5.41, 5.74) is 4.73. The van der Waals surface area contributed by atoms with Crippen molar-refractivity contribution in [2.24, 2.45) is 4.74 Å². The minimum absolute atomic E-state index is 0. The molecule has 3 nitrogen and oxygen atoms in total. The molecule has 0 aliphatic rings. The standard InChI is InChI=1S/C32H45GeN2OP.C7H8.Se/c1-24(2)28-22-17-23-29(25(3)4)30(28)34-37(26-18-13-11-14-19-26,27-20-15-12-16-21-27)35(31(5,6)7)33-36-32(8,9)10;1-7-5-3-2-4-6-7;/h11-25H,1-10H3;2-6H,1H3;/q;;-1. The maximum absolute atomic E-state index is 6.68. The molecule has 0 heterocycles. The maximum atomic E-state index is 6.68. The molecule has 4 aromatic rings. The summed E-state index contributed by atoms with van der Waals surface area (Å²) < 4.78 is 15.4. The van der Waals surface area contributed by atoms with Gasteiger partial charge < -0.3 is 17.1 Å². The van der Waals surface area contributed by atoms with Crippen LogP contribution in [0.4, 0.5) is 5.69 Å². The van der Waals surface area contributed by atoms with E-state index in [1.165, 1.54) is 27.3 Å². The van der Waals surface area contributed by atoms with Gasteiger partial charge in [0.15, 0.2) is 0 Å². The molecule has 0 aliphatic carbocycles. The van der Waals surface area contributed by atoms with Crippen LogP contribution in [0.15, 0.2) is 114 Å². The van der Waals surface area contributed by atoms with Gasteiger partial charge in [0.1, 0.15) is 0 Å². The second-order valence-corrected chi connectivity index (χ2v) is 19.3. The third kappa shape index (κ3) is 10.8. The number of nitrogens with zero attached hydrogens (tertiary/aromatic N) is 2. The number of hydrogen-bond acceptors (Lipinski definition) is 2. The van der Waals surface area contributed by atoms with Gasteiger partial charge in [-0.3, -0.25) is 0 Å². The van der Waals surface area contributed by atoms with E-state index in [4.69, 9.17) is 8.51 Å². The third-order valence-electron chi connectivity index (χ3n) is 7.12. The summed E-state index contributed by atoms with van der Waals surface area (Å²) in [6, 6.07) is 39.0. The minimum atomic E-state index is -2.48. The van der Waals surface area contributed by atoms with Gasteiger partial charge in [0.2, 0.25) is 0 Å². The number of aryl methyl sites for hydroxylation is 1. The molecule has 0 spiro atoms. The largest absolute Gasteiger partial charge is 1.00 e. The van der Waals surface area contributed by atoms with E-state index in [9.17, 15) is 0 Å². The molecule has 0 aromatic heterocycles. The first-order valence-corrected chi connectivity index (χ1v) is 19.3. The molecular formula is C39H53GeN2OPSe-. The normalized spacial score (nSPS) is 12.0. The fraction of sp³-hybridized carbons (Fsp3) is 0.385. The molecule has 0 N–H and O–H groups in total. The predicted molar refractivity (Wildman–Crippen MR) is 201 cm³/mol. The smallest absolute Gasteiger partial charge is 0.0398 e. The zero-order valence-electron chi connectivity index (χ0n) is 29.2. The predicted octanol–water partition coefficient (Wildman–Crippen LogP) is 10.4. The van der Waals surface area contributed by atoms with E-state index >= 15 is 0 Å². The summed E-state index contributed by atoms with van der Waals surface area (Å²) >= 11 is -1.00. The Balaban J connectivity index is 0.000000776. The Bertz CT molecular complexity index is 1430. The molecule has 45 heavy (non-hydrogen) atoms. The maximum Gasteiger partial charge on any atom is -0.0398 e. The van der Waals surface area contributed by atoms with Crippen molar-refractivity contribution < 1.29 is 3.76 Å².